The summed E-state index contributed by atoms with van der Waals surface area (Å²) < 4.78 is 6.19. The van der Waals surface area contributed by atoms with E-state index in [-0.39, 0.29) is 5.60 Å². The Balaban J connectivity index is 1.49. The molecule has 2 heteroatoms. The Hall–Kier alpha value is -1.02. The molecule has 1 heterocycles. The number of benzene rings is 1. The molecule has 4 rings (SSSR count). The van der Waals surface area contributed by atoms with Gasteiger partial charge in [-0.2, -0.15) is 0 Å². The van der Waals surface area contributed by atoms with E-state index < -0.39 is 0 Å². The molecule has 19 heavy (non-hydrogen) atoms. The molecule has 2 fully saturated rings. The van der Waals surface area contributed by atoms with E-state index in [2.05, 4.69) is 37.4 Å². The average molecular weight is 257 g/mol. The highest BCUT2D eigenvalue weighted by Gasteiger charge is 2.43. The molecular formula is C17H23NO. The predicted octanol–water partition coefficient (Wildman–Crippen LogP) is 3.26. The third-order valence-corrected chi connectivity index (χ3v) is 4.69. The van der Waals surface area contributed by atoms with E-state index >= 15 is 0 Å². The van der Waals surface area contributed by atoms with Crippen LogP contribution in [0.15, 0.2) is 18.2 Å². The first-order valence-electron chi connectivity index (χ1n) is 7.66. The molecule has 0 bridgehead atoms. The van der Waals surface area contributed by atoms with Gasteiger partial charge in [0.2, 0.25) is 0 Å². The zero-order chi connectivity index (χ0) is 13.0. The Bertz CT molecular complexity index is 504. The van der Waals surface area contributed by atoms with Gasteiger partial charge in [-0.3, -0.25) is 0 Å². The fourth-order valence-corrected chi connectivity index (χ4v) is 3.39. The fraction of sp³-hybridized carbons (Fsp3) is 0.647. The van der Waals surface area contributed by atoms with Crippen molar-refractivity contribution in [3.8, 4) is 5.75 Å². The molecule has 0 amide bonds. The number of rotatable bonds is 4. The zero-order valence-corrected chi connectivity index (χ0v) is 11.9. The van der Waals surface area contributed by atoms with E-state index in [1.54, 1.807) is 0 Å². The van der Waals surface area contributed by atoms with Crippen molar-refractivity contribution in [1.82, 2.24) is 5.32 Å². The highest BCUT2D eigenvalue weighted by molar-refractivity contribution is 5.49. The molecule has 2 aliphatic carbocycles. The van der Waals surface area contributed by atoms with Crippen LogP contribution in [0.1, 0.15) is 50.2 Å². The maximum atomic E-state index is 6.19. The number of hydrogen-bond donors (Lipinski definition) is 1. The molecule has 1 aromatic carbocycles. The van der Waals surface area contributed by atoms with Crippen molar-refractivity contribution in [3.05, 3.63) is 29.3 Å². The Labute approximate surface area is 115 Å². The summed E-state index contributed by atoms with van der Waals surface area (Å²) in [6, 6.07) is 7.55. The number of nitrogens with one attached hydrogen (secondary N) is 1. The summed E-state index contributed by atoms with van der Waals surface area (Å²) in [5, 5.41) is 3.66. The summed E-state index contributed by atoms with van der Waals surface area (Å²) in [7, 11) is 0. The second-order valence-electron chi connectivity index (χ2n) is 7.16. The summed E-state index contributed by atoms with van der Waals surface area (Å²) in [6.45, 7) is 5.58. The van der Waals surface area contributed by atoms with Crippen molar-refractivity contribution in [3.63, 3.8) is 0 Å². The fourth-order valence-electron chi connectivity index (χ4n) is 3.39. The topological polar surface area (TPSA) is 21.3 Å². The number of fused-ring (bicyclic) bond motifs is 1. The van der Waals surface area contributed by atoms with Gasteiger partial charge < -0.3 is 10.1 Å². The van der Waals surface area contributed by atoms with Gasteiger partial charge in [0.1, 0.15) is 11.4 Å². The Morgan fingerprint density at radius 2 is 2.16 bits per heavy atom. The molecule has 0 spiro atoms. The lowest BCUT2D eigenvalue weighted by atomic mass is 9.99. The molecule has 2 unspecified atom stereocenters. The monoisotopic (exact) mass is 257 g/mol. The highest BCUT2D eigenvalue weighted by atomic mass is 16.5. The van der Waals surface area contributed by atoms with Gasteiger partial charge in [0.15, 0.2) is 0 Å². The van der Waals surface area contributed by atoms with E-state index in [0.717, 1.165) is 24.3 Å². The predicted molar refractivity (Wildman–Crippen MR) is 76.7 cm³/mol. The van der Waals surface area contributed by atoms with Crippen LogP contribution in [0.3, 0.4) is 0 Å². The van der Waals surface area contributed by atoms with E-state index in [1.807, 2.05) is 0 Å². The quantitative estimate of drug-likeness (QED) is 0.894. The van der Waals surface area contributed by atoms with Crippen molar-refractivity contribution >= 4 is 0 Å². The summed E-state index contributed by atoms with van der Waals surface area (Å²) >= 11 is 0. The largest absolute Gasteiger partial charge is 0.487 e. The van der Waals surface area contributed by atoms with Crippen molar-refractivity contribution < 1.29 is 4.74 Å². The molecule has 102 valence electrons. The molecule has 2 saturated carbocycles. The molecular weight excluding hydrogens is 234 g/mol. The van der Waals surface area contributed by atoms with Crippen molar-refractivity contribution in [2.75, 3.05) is 6.54 Å². The molecule has 0 aromatic heterocycles. The normalized spacial score (nSPS) is 30.8. The minimum Gasteiger partial charge on any atom is -0.487 e. The van der Waals surface area contributed by atoms with Crippen molar-refractivity contribution in [1.29, 1.82) is 0 Å². The maximum Gasteiger partial charge on any atom is 0.126 e. The van der Waals surface area contributed by atoms with Gasteiger partial charge in [0.25, 0.3) is 0 Å². The number of para-hydroxylation sites is 1. The Kier molecular flexibility index (Phi) is 2.47. The van der Waals surface area contributed by atoms with Crippen LogP contribution in [0.5, 0.6) is 5.75 Å². The van der Waals surface area contributed by atoms with Gasteiger partial charge in [-0.15, -0.1) is 0 Å². The highest BCUT2D eigenvalue weighted by Crippen LogP contribution is 2.53. The minimum absolute atomic E-state index is 0.0188. The SMILES string of the molecule is CC1(C)Cc2cccc(C3CC3CNC3CC3)c2O1. The summed E-state index contributed by atoms with van der Waals surface area (Å²) in [6.07, 6.45) is 5.15. The van der Waals surface area contributed by atoms with Crippen LogP contribution >= 0.6 is 0 Å². The first-order chi connectivity index (χ1) is 9.12. The van der Waals surface area contributed by atoms with Crippen LogP contribution in [0.25, 0.3) is 0 Å². The Morgan fingerprint density at radius 3 is 2.95 bits per heavy atom. The molecule has 2 atom stereocenters. The van der Waals surface area contributed by atoms with E-state index in [1.165, 1.54) is 42.7 Å². The van der Waals surface area contributed by atoms with E-state index in [9.17, 15) is 0 Å². The molecule has 1 aromatic rings. The van der Waals surface area contributed by atoms with Gasteiger partial charge in [-0.1, -0.05) is 18.2 Å². The number of hydrogen-bond acceptors (Lipinski definition) is 2. The maximum absolute atomic E-state index is 6.19. The third kappa shape index (κ3) is 2.27. The van der Waals surface area contributed by atoms with Crippen LogP contribution in [-0.2, 0) is 6.42 Å². The van der Waals surface area contributed by atoms with Crippen LogP contribution in [-0.4, -0.2) is 18.2 Å². The van der Waals surface area contributed by atoms with Gasteiger partial charge >= 0.3 is 0 Å². The third-order valence-electron chi connectivity index (χ3n) is 4.69. The van der Waals surface area contributed by atoms with E-state index in [4.69, 9.17) is 4.74 Å². The average Bonchev–Trinajstić information content (AvgIpc) is 3.21. The standard InChI is InChI=1S/C17H23NO/c1-17(2)9-11-4-3-5-14(16(11)19-17)15-8-12(15)10-18-13-6-7-13/h3-5,12-13,15,18H,6-10H2,1-2H3. The summed E-state index contributed by atoms with van der Waals surface area (Å²) in [5.74, 6) is 2.76. The van der Waals surface area contributed by atoms with Crippen molar-refractivity contribution in [2.24, 2.45) is 5.92 Å². The molecule has 3 aliphatic rings. The summed E-state index contributed by atoms with van der Waals surface area (Å²) in [4.78, 5) is 0. The van der Waals surface area contributed by atoms with Crippen LogP contribution in [0, 0.1) is 5.92 Å². The zero-order valence-electron chi connectivity index (χ0n) is 11.9. The molecule has 2 nitrogen and oxygen atoms in total. The molecule has 1 aliphatic heterocycles. The van der Waals surface area contributed by atoms with Crippen LogP contribution in [0.2, 0.25) is 0 Å². The first kappa shape index (κ1) is 11.8. The summed E-state index contributed by atoms with van der Waals surface area (Å²) in [5.41, 5.74) is 2.85. The van der Waals surface area contributed by atoms with Crippen LogP contribution < -0.4 is 10.1 Å². The second kappa shape index (κ2) is 3.99. The second-order valence-corrected chi connectivity index (χ2v) is 7.16. The number of ether oxygens (including phenoxy) is 1. The molecule has 0 saturated heterocycles. The molecule has 0 radical (unpaired) electrons. The minimum atomic E-state index is -0.0188. The first-order valence-corrected chi connectivity index (χ1v) is 7.66. The van der Waals surface area contributed by atoms with Gasteiger partial charge in [-0.05, 0) is 62.6 Å². The molecule has 1 N–H and O–H groups in total. The Morgan fingerprint density at radius 1 is 1.32 bits per heavy atom. The van der Waals surface area contributed by atoms with E-state index in [0.29, 0.717) is 0 Å². The van der Waals surface area contributed by atoms with Crippen molar-refractivity contribution in [2.45, 2.75) is 57.1 Å². The van der Waals surface area contributed by atoms with Crippen LogP contribution in [0.4, 0.5) is 0 Å². The van der Waals surface area contributed by atoms with Gasteiger partial charge in [0, 0.05) is 12.5 Å². The lowest BCUT2D eigenvalue weighted by Gasteiger charge is -2.18. The lowest BCUT2D eigenvalue weighted by Crippen LogP contribution is -2.25. The van der Waals surface area contributed by atoms with Gasteiger partial charge in [0.05, 0.1) is 0 Å². The van der Waals surface area contributed by atoms with Gasteiger partial charge in [-0.25, -0.2) is 0 Å². The smallest absolute Gasteiger partial charge is 0.126 e. The lowest BCUT2D eigenvalue weighted by molar-refractivity contribution is 0.137.